The molecular weight excluding hydrogens is 262 g/mol. The molecule has 1 aromatic carbocycles. The van der Waals surface area contributed by atoms with E-state index >= 15 is 0 Å². The Labute approximate surface area is 117 Å². The number of halogens is 1. The van der Waals surface area contributed by atoms with Gasteiger partial charge in [-0.1, -0.05) is 18.5 Å². The summed E-state index contributed by atoms with van der Waals surface area (Å²) in [5.74, 6) is 1.80. The van der Waals surface area contributed by atoms with Gasteiger partial charge in [0.15, 0.2) is 0 Å². The molecule has 0 saturated heterocycles. The van der Waals surface area contributed by atoms with Crippen LogP contribution in [0.1, 0.15) is 35.4 Å². The second-order valence-corrected chi connectivity index (χ2v) is 5.15. The monoisotopic (exact) mass is 277 g/mol. The van der Waals surface area contributed by atoms with E-state index in [1.807, 2.05) is 25.1 Å². The zero-order valence-electron chi connectivity index (χ0n) is 10.8. The molecule has 4 heteroatoms. The van der Waals surface area contributed by atoms with E-state index in [0.29, 0.717) is 11.6 Å². The van der Waals surface area contributed by atoms with Gasteiger partial charge >= 0.3 is 0 Å². The summed E-state index contributed by atoms with van der Waals surface area (Å²) < 4.78 is 11.2. The Kier molecular flexibility index (Phi) is 3.25. The van der Waals surface area contributed by atoms with E-state index in [-0.39, 0.29) is 6.04 Å². The van der Waals surface area contributed by atoms with Crippen molar-refractivity contribution in [2.24, 2.45) is 5.73 Å². The number of aryl methyl sites for hydroxylation is 1. The molecule has 0 radical (unpaired) electrons. The quantitative estimate of drug-likeness (QED) is 0.934. The molecule has 19 heavy (non-hydrogen) atoms. The molecule has 0 aliphatic carbocycles. The fourth-order valence-corrected chi connectivity index (χ4v) is 2.86. The number of hydrogen-bond acceptors (Lipinski definition) is 3. The predicted molar refractivity (Wildman–Crippen MR) is 74.8 cm³/mol. The molecule has 0 spiro atoms. The molecule has 2 N–H and O–H groups in total. The van der Waals surface area contributed by atoms with Crippen LogP contribution in [-0.2, 0) is 12.8 Å². The van der Waals surface area contributed by atoms with Crippen molar-refractivity contribution >= 4 is 11.6 Å². The van der Waals surface area contributed by atoms with Crippen LogP contribution in [0.2, 0.25) is 5.02 Å². The molecule has 3 nitrogen and oxygen atoms in total. The first-order chi connectivity index (χ1) is 9.20. The third-order valence-electron chi connectivity index (χ3n) is 3.55. The van der Waals surface area contributed by atoms with Gasteiger partial charge in [0.1, 0.15) is 11.5 Å². The lowest BCUT2D eigenvalue weighted by molar-refractivity contribution is 0.352. The van der Waals surface area contributed by atoms with Crippen LogP contribution in [0.15, 0.2) is 28.9 Å². The summed E-state index contributed by atoms with van der Waals surface area (Å²) in [6, 6.07) is 5.50. The van der Waals surface area contributed by atoms with Gasteiger partial charge in [-0.05, 0) is 23.8 Å². The van der Waals surface area contributed by atoms with E-state index in [0.717, 1.165) is 41.0 Å². The second-order valence-electron chi connectivity index (χ2n) is 4.71. The molecule has 0 fully saturated rings. The maximum atomic E-state index is 6.38. The lowest BCUT2D eigenvalue weighted by Gasteiger charge is -2.16. The Morgan fingerprint density at radius 3 is 3.00 bits per heavy atom. The summed E-state index contributed by atoms with van der Waals surface area (Å²) in [6.45, 7) is 2.75. The maximum absolute atomic E-state index is 6.38. The Balaban J connectivity index is 2.07. The average Bonchev–Trinajstić information content (AvgIpc) is 3.04. The lowest BCUT2D eigenvalue weighted by Crippen LogP contribution is -2.14. The Bertz CT molecular complexity index is 606. The van der Waals surface area contributed by atoms with Crippen LogP contribution in [-0.4, -0.2) is 6.61 Å². The first-order valence-corrected chi connectivity index (χ1v) is 6.85. The minimum atomic E-state index is -0.265. The number of nitrogens with two attached hydrogens (primary N) is 1. The van der Waals surface area contributed by atoms with Gasteiger partial charge in [-0.15, -0.1) is 0 Å². The van der Waals surface area contributed by atoms with Gasteiger partial charge in [-0.3, -0.25) is 0 Å². The Morgan fingerprint density at radius 1 is 1.37 bits per heavy atom. The van der Waals surface area contributed by atoms with Crippen molar-refractivity contribution in [1.82, 2.24) is 0 Å². The molecule has 1 aromatic heterocycles. The van der Waals surface area contributed by atoms with Crippen molar-refractivity contribution in [2.45, 2.75) is 25.8 Å². The van der Waals surface area contributed by atoms with Gasteiger partial charge < -0.3 is 14.9 Å². The van der Waals surface area contributed by atoms with Crippen LogP contribution in [0.3, 0.4) is 0 Å². The van der Waals surface area contributed by atoms with E-state index in [1.165, 1.54) is 0 Å². The third kappa shape index (κ3) is 2.13. The van der Waals surface area contributed by atoms with Gasteiger partial charge in [0.2, 0.25) is 0 Å². The fourth-order valence-electron chi connectivity index (χ4n) is 2.61. The lowest BCUT2D eigenvalue weighted by atomic mass is 9.96. The molecule has 0 amide bonds. The van der Waals surface area contributed by atoms with E-state index in [1.54, 1.807) is 6.26 Å². The maximum Gasteiger partial charge on any atom is 0.127 e. The first-order valence-electron chi connectivity index (χ1n) is 6.47. The largest absolute Gasteiger partial charge is 0.493 e. The van der Waals surface area contributed by atoms with Crippen molar-refractivity contribution in [2.75, 3.05) is 6.61 Å². The van der Waals surface area contributed by atoms with Crippen molar-refractivity contribution in [3.8, 4) is 5.75 Å². The highest BCUT2D eigenvalue weighted by Crippen LogP contribution is 2.38. The summed E-state index contributed by atoms with van der Waals surface area (Å²) in [6.07, 6.45) is 3.39. The highest BCUT2D eigenvalue weighted by Gasteiger charge is 2.24. The summed E-state index contributed by atoms with van der Waals surface area (Å²) in [5.41, 5.74) is 9.46. The van der Waals surface area contributed by atoms with Crippen molar-refractivity contribution in [3.05, 3.63) is 51.9 Å². The molecule has 1 aliphatic rings. The van der Waals surface area contributed by atoms with E-state index in [9.17, 15) is 0 Å². The molecular formula is C15H16ClNO2. The number of fused-ring (bicyclic) bond motifs is 1. The number of furan rings is 1. The van der Waals surface area contributed by atoms with Gasteiger partial charge in [-0.25, -0.2) is 0 Å². The number of ether oxygens (including phenoxy) is 1. The highest BCUT2D eigenvalue weighted by atomic mass is 35.5. The third-order valence-corrected chi connectivity index (χ3v) is 3.77. The van der Waals surface area contributed by atoms with Gasteiger partial charge in [0.05, 0.1) is 18.9 Å². The zero-order chi connectivity index (χ0) is 13.4. The summed E-state index contributed by atoms with van der Waals surface area (Å²) in [5, 5.41) is 0.705. The molecule has 2 heterocycles. The van der Waals surface area contributed by atoms with Crippen LogP contribution in [0.25, 0.3) is 0 Å². The van der Waals surface area contributed by atoms with Crippen LogP contribution >= 0.6 is 11.6 Å². The standard InChI is InChI=1S/C15H16ClNO2/c1-2-13-11(4-6-18-13)14(17)12-8-10(16)7-9-3-5-19-15(9)12/h4,6-8,14H,2-3,5,17H2,1H3. The molecule has 0 bridgehead atoms. The minimum Gasteiger partial charge on any atom is -0.493 e. The normalized spacial score (nSPS) is 15.1. The summed E-state index contributed by atoms with van der Waals surface area (Å²) in [4.78, 5) is 0. The molecule has 1 unspecified atom stereocenters. The second kappa shape index (κ2) is 4.91. The van der Waals surface area contributed by atoms with Crippen LogP contribution in [0.5, 0.6) is 5.75 Å². The SMILES string of the molecule is CCc1occc1C(N)c1cc(Cl)cc2c1OCC2. The van der Waals surface area contributed by atoms with Crippen LogP contribution in [0.4, 0.5) is 0 Å². The molecule has 0 saturated carbocycles. The van der Waals surface area contributed by atoms with E-state index in [4.69, 9.17) is 26.5 Å². The molecule has 1 atom stereocenters. The van der Waals surface area contributed by atoms with E-state index in [2.05, 4.69) is 0 Å². The Hall–Kier alpha value is -1.45. The Morgan fingerprint density at radius 2 is 2.21 bits per heavy atom. The van der Waals surface area contributed by atoms with Gasteiger partial charge in [-0.2, -0.15) is 0 Å². The van der Waals surface area contributed by atoms with Crippen molar-refractivity contribution in [1.29, 1.82) is 0 Å². The van der Waals surface area contributed by atoms with Gasteiger partial charge in [0, 0.05) is 29.0 Å². The molecule has 1 aliphatic heterocycles. The smallest absolute Gasteiger partial charge is 0.127 e. The van der Waals surface area contributed by atoms with Gasteiger partial charge in [0.25, 0.3) is 0 Å². The minimum absolute atomic E-state index is 0.265. The predicted octanol–water partition coefficient (Wildman–Crippen LogP) is 3.48. The summed E-state index contributed by atoms with van der Waals surface area (Å²) in [7, 11) is 0. The number of benzene rings is 1. The highest BCUT2D eigenvalue weighted by molar-refractivity contribution is 6.30. The fraction of sp³-hybridized carbons (Fsp3) is 0.333. The van der Waals surface area contributed by atoms with Crippen LogP contribution < -0.4 is 10.5 Å². The number of hydrogen-bond donors (Lipinski definition) is 1. The molecule has 2 aromatic rings. The number of rotatable bonds is 3. The molecule has 100 valence electrons. The zero-order valence-corrected chi connectivity index (χ0v) is 11.5. The molecule has 3 rings (SSSR count). The van der Waals surface area contributed by atoms with Crippen molar-refractivity contribution in [3.63, 3.8) is 0 Å². The summed E-state index contributed by atoms with van der Waals surface area (Å²) >= 11 is 6.17. The topological polar surface area (TPSA) is 48.4 Å². The van der Waals surface area contributed by atoms with Crippen molar-refractivity contribution < 1.29 is 9.15 Å². The first kappa shape index (κ1) is 12.6. The van der Waals surface area contributed by atoms with E-state index < -0.39 is 0 Å². The van der Waals surface area contributed by atoms with Crippen LogP contribution in [0, 0.1) is 0 Å². The average molecular weight is 278 g/mol.